The van der Waals surface area contributed by atoms with Crippen LogP contribution in [0.4, 0.5) is 11.4 Å². The molecule has 2 N–H and O–H groups in total. The fraction of sp³-hybridized carbons (Fsp3) is 0.455. The summed E-state index contributed by atoms with van der Waals surface area (Å²) < 4.78 is 0. The van der Waals surface area contributed by atoms with Crippen LogP contribution in [0.15, 0.2) is 18.2 Å². The Kier molecular flexibility index (Phi) is 2.11. The molecule has 0 saturated carbocycles. The van der Waals surface area contributed by atoms with E-state index in [4.69, 9.17) is 17.3 Å². The van der Waals surface area contributed by atoms with Crippen LogP contribution in [0, 0.1) is 5.41 Å². The molecular weight excluding hydrogens is 196 g/mol. The topological polar surface area (TPSA) is 29.3 Å². The summed E-state index contributed by atoms with van der Waals surface area (Å²) in [5.41, 5.74) is 7.88. The molecule has 1 aromatic carbocycles. The number of nitrogens with two attached hydrogens (primary N) is 1. The molecule has 0 atom stereocenters. The van der Waals surface area contributed by atoms with Crippen LogP contribution in [0.1, 0.15) is 13.8 Å². The van der Waals surface area contributed by atoms with E-state index >= 15 is 0 Å². The lowest BCUT2D eigenvalue weighted by molar-refractivity contribution is 0.276. The van der Waals surface area contributed by atoms with Crippen molar-refractivity contribution < 1.29 is 0 Å². The molecule has 1 aliphatic heterocycles. The van der Waals surface area contributed by atoms with Gasteiger partial charge in [0.2, 0.25) is 0 Å². The molecule has 0 unspecified atom stereocenters. The lowest BCUT2D eigenvalue weighted by Gasteiger charge is -2.47. The predicted octanol–water partition coefficient (Wildman–Crippen LogP) is 2.77. The Bertz CT molecular complexity index is 352. The van der Waals surface area contributed by atoms with Crippen LogP contribution < -0.4 is 10.6 Å². The quantitative estimate of drug-likeness (QED) is 0.723. The van der Waals surface area contributed by atoms with Gasteiger partial charge in [-0.25, -0.2) is 0 Å². The van der Waals surface area contributed by atoms with Crippen molar-refractivity contribution in [3.8, 4) is 0 Å². The summed E-state index contributed by atoms with van der Waals surface area (Å²) in [5, 5.41) is 0.683. The van der Waals surface area contributed by atoms with Gasteiger partial charge < -0.3 is 10.6 Å². The Morgan fingerprint density at radius 3 is 2.57 bits per heavy atom. The van der Waals surface area contributed by atoms with Crippen LogP contribution >= 0.6 is 11.6 Å². The monoisotopic (exact) mass is 210 g/mol. The molecule has 0 radical (unpaired) electrons. The number of anilines is 2. The zero-order chi connectivity index (χ0) is 10.3. The van der Waals surface area contributed by atoms with E-state index in [9.17, 15) is 0 Å². The number of nitrogen functional groups attached to an aromatic ring is 1. The van der Waals surface area contributed by atoms with Crippen LogP contribution in [0.2, 0.25) is 5.02 Å². The van der Waals surface area contributed by atoms with E-state index in [2.05, 4.69) is 18.7 Å². The Morgan fingerprint density at radius 1 is 1.36 bits per heavy atom. The number of benzene rings is 1. The minimum atomic E-state index is 0.411. The molecule has 1 aliphatic rings. The van der Waals surface area contributed by atoms with Crippen molar-refractivity contribution in [3.05, 3.63) is 23.2 Å². The summed E-state index contributed by atoms with van der Waals surface area (Å²) in [6, 6.07) is 5.80. The van der Waals surface area contributed by atoms with Crippen molar-refractivity contribution in [2.75, 3.05) is 23.7 Å². The van der Waals surface area contributed by atoms with Gasteiger partial charge in [-0.1, -0.05) is 31.5 Å². The first-order valence-electron chi connectivity index (χ1n) is 4.78. The second-order valence-corrected chi connectivity index (χ2v) is 5.08. The molecule has 1 aromatic rings. The standard InChI is InChI=1S/C11H15ClN2/c1-11(2)6-14(7-11)9-5-3-4-8(13)10(9)12/h3-5H,6-7,13H2,1-2H3. The normalized spacial score (nSPS) is 19.2. The van der Waals surface area contributed by atoms with Crippen LogP contribution in [0.25, 0.3) is 0 Å². The van der Waals surface area contributed by atoms with Crippen LogP contribution in [-0.2, 0) is 0 Å². The molecule has 0 spiro atoms. The van der Waals surface area contributed by atoms with Crippen LogP contribution in [0.5, 0.6) is 0 Å². The van der Waals surface area contributed by atoms with E-state index in [1.54, 1.807) is 0 Å². The second-order valence-electron chi connectivity index (χ2n) is 4.70. The minimum absolute atomic E-state index is 0.411. The SMILES string of the molecule is CC1(C)CN(c2cccc(N)c2Cl)C1. The maximum atomic E-state index is 6.13. The Labute approximate surface area is 89.7 Å². The van der Waals surface area contributed by atoms with Crippen molar-refractivity contribution in [2.24, 2.45) is 5.41 Å². The maximum Gasteiger partial charge on any atom is 0.0868 e. The molecule has 0 amide bonds. The lowest BCUT2D eigenvalue weighted by Crippen LogP contribution is -2.53. The molecule has 1 saturated heterocycles. The minimum Gasteiger partial charge on any atom is -0.397 e. The summed E-state index contributed by atoms with van der Waals surface area (Å²) in [4.78, 5) is 2.26. The zero-order valence-corrected chi connectivity index (χ0v) is 9.30. The van der Waals surface area contributed by atoms with Gasteiger partial charge in [-0.2, -0.15) is 0 Å². The molecule has 0 aliphatic carbocycles. The third kappa shape index (κ3) is 1.55. The van der Waals surface area contributed by atoms with Crippen LogP contribution in [0.3, 0.4) is 0 Å². The average Bonchev–Trinajstić information content (AvgIpc) is 2.06. The highest BCUT2D eigenvalue weighted by Crippen LogP contribution is 2.38. The van der Waals surface area contributed by atoms with Crippen molar-refractivity contribution >= 4 is 23.0 Å². The Morgan fingerprint density at radius 2 is 2.00 bits per heavy atom. The maximum absolute atomic E-state index is 6.13. The van der Waals surface area contributed by atoms with Crippen molar-refractivity contribution in [1.29, 1.82) is 0 Å². The van der Waals surface area contributed by atoms with Crippen molar-refractivity contribution in [1.82, 2.24) is 0 Å². The van der Waals surface area contributed by atoms with Gasteiger partial charge in [-0.15, -0.1) is 0 Å². The molecule has 0 aromatic heterocycles. The number of rotatable bonds is 1. The molecule has 1 fully saturated rings. The number of halogens is 1. The first-order chi connectivity index (χ1) is 6.49. The number of nitrogens with zero attached hydrogens (tertiary/aromatic N) is 1. The molecule has 2 nitrogen and oxygen atoms in total. The van der Waals surface area contributed by atoms with Gasteiger partial charge in [0.05, 0.1) is 16.4 Å². The van der Waals surface area contributed by atoms with Gasteiger partial charge in [0.1, 0.15) is 0 Å². The van der Waals surface area contributed by atoms with E-state index in [1.807, 2.05) is 18.2 Å². The highest BCUT2D eigenvalue weighted by molar-refractivity contribution is 6.35. The fourth-order valence-corrected chi connectivity index (χ4v) is 2.18. The van der Waals surface area contributed by atoms with Gasteiger partial charge in [0.15, 0.2) is 0 Å². The zero-order valence-electron chi connectivity index (χ0n) is 8.55. The van der Waals surface area contributed by atoms with Gasteiger partial charge in [-0.05, 0) is 17.5 Å². The predicted molar refractivity (Wildman–Crippen MR) is 61.9 cm³/mol. The number of hydrogen-bond acceptors (Lipinski definition) is 2. The number of hydrogen-bond donors (Lipinski definition) is 1. The lowest BCUT2D eigenvalue weighted by atomic mass is 9.84. The van der Waals surface area contributed by atoms with Gasteiger partial charge in [0, 0.05) is 13.1 Å². The largest absolute Gasteiger partial charge is 0.397 e. The van der Waals surface area contributed by atoms with Gasteiger partial charge in [-0.3, -0.25) is 0 Å². The summed E-state index contributed by atoms with van der Waals surface area (Å²) in [5.74, 6) is 0. The third-order valence-corrected chi connectivity index (χ3v) is 3.00. The van der Waals surface area contributed by atoms with Crippen molar-refractivity contribution in [2.45, 2.75) is 13.8 Å². The Hall–Kier alpha value is -0.890. The van der Waals surface area contributed by atoms with E-state index in [0.717, 1.165) is 18.8 Å². The van der Waals surface area contributed by atoms with Gasteiger partial charge >= 0.3 is 0 Å². The van der Waals surface area contributed by atoms with E-state index in [1.165, 1.54) is 0 Å². The highest BCUT2D eigenvalue weighted by Gasteiger charge is 2.35. The second kappa shape index (κ2) is 3.06. The summed E-state index contributed by atoms with van der Waals surface area (Å²) in [6.07, 6.45) is 0. The summed E-state index contributed by atoms with van der Waals surface area (Å²) in [7, 11) is 0. The van der Waals surface area contributed by atoms with Gasteiger partial charge in [0.25, 0.3) is 0 Å². The van der Waals surface area contributed by atoms with Crippen LogP contribution in [-0.4, -0.2) is 13.1 Å². The molecule has 0 bridgehead atoms. The molecule has 2 rings (SSSR count). The highest BCUT2D eigenvalue weighted by atomic mass is 35.5. The molecular formula is C11H15ClN2. The first kappa shape index (κ1) is 9.66. The molecule has 14 heavy (non-hydrogen) atoms. The van der Waals surface area contributed by atoms with Crippen molar-refractivity contribution in [3.63, 3.8) is 0 Å². The fourth-order valence-electron chi connectivity index (χ4n) is 1.94. The molecule has 3 heteroatoms. The molecule has 1 heterocycles. The third-order valence-electron chi connectivity index (χ3n) is 2.59. The smallest absolute Gasteiger partial charge is 0.0868 e. The Balaban J connectivity index is 2.23. The van der Waals surface area contributed by atoms with E-state index in [-0.39, 0.29) is 0 Å². The van der Waals surface area contributed by atoms with E-state index in [0.29, 0.717) is 16.1 Å². The average molecular weight is 211 g/mol. The molecule has 76 valence electrons. The first-order valence-corrected chi connectivity index (χ1v) is 5.16. The summed E-state index contributed by atoms with van der Waals surface area (Å²) >= 11 is 6.13. The summed E-state index contributed by atoms with van der Waals surface area (Å²) in [6.45, 7) is 6.61. The van der Waals surface area contributed by atoms with E-state index < -0.39 is 0 Å².